The molecule has 0 N–H and O–H groups in total. The molecule has 3 heterocycles. The monoisotopic (exact) mass is 313 g/mol. The summed E-state index contributed by atoms with van der Waals surface area (Å²) in [5.41, 5.74) is 2.55. The van der Waals surface area contributed by atoms with Crippen LogP contribution in [0.4, 0.5) is 5.13 Å². The number of rotatable bonds is 3. The first-order chi connectivity index (χ1) is 10.8. The standard InChI is InChI=1S/C17H19N3OS/c21-16-7-4-9-20(16)17-18-14-8-10-19(12-15(14)22-17)11-13-5-2-1-3-6-13/h1-3,5-6H,4,7-12H2. The highest BCUT2D eigenvalue weighted by Crippen LogP contribution is 2.33. The minimum Gasteiger partial charge on any atom is -0.294 e. The highest BCUT2D eigenvalue weighted by Gasteiger charge is 2.27. The van der Waals surface area contributed by atoms with Crippen LogP contribution >= 0.6 is 11.3 Å². The maximum Gasteiger partial charge on any atom is 0.228 e. The van der Waals surface area contributed by atoms with Crippen LogP contribution in [0.3, 0.4) is 0 Å². The number of nitrogens with zero attached hydrogens (tertiary/aromatic N) is 3. The van der Waals surface area contributed by atoms with Crippen molar-refractivity contribution in [2.24, 2.45) is 0 Å². The summed E-state index contributed by atoms with van der Waals surface area (Å²) < 4.78 is 0. The van der Waals surface area contributed by atoms with E-state index in [-0.39, 0.29) is 5.91 Å². The number of carbonyl (C=O) groups is 1. The van der Waals surface area contributed by atoms with Crippen LogP contribution in [0.15, 0.2) is 30.3 Å². The Morgan fingerprint density at radius 3 is 2.77 bits per heavy atom. The van der Waals surface area contributed by atoms with Gasteiger partial charge in [-0.1, -0.05) is 41.7 Å². The fourth-order valence-electron chi connectivity index (χ4n) is 3.18. The smallest absolute Gasteiger partial charge is 0.228 e. The predicted octanol–water partition coefficient (Wildman–Crippen LogP) is 2.83. The number of thiazole rings is 1. The van der Waals surface area contributed by atoms with Gasteiger partial charge in [-0.2, -0.15) is 0 Å². The molecule has 0 bridgehead atoms. The van der Waals surface area contributed by atoms with Crippen LogP contribution in [0, 0.1) is 0 Å². The molecule has 2 aromatic rings. The third-order valence-corrected chi connectivity index (χ3v) is 5.46. The summed E-state index contributed by atoms with van der Waals surface area (Å²) in [7, 11) is 0. The normalized spacial score (nSPS) is 18.7. The van der Waals surface area contributed by atoms with Crippen molar-refractivity contribution in [3.63, 3.8) is 0 Å². The Bertz CT molecular complexity index is 682. The van der Waals surface area contributed by atoms with Crippen molar-refractivity contribution in [3.05, 3.63) is 46.5 Å². The van der Waals surface area contributed by atoms with Gasteiger partial charge in [-0.3, -0.25) is 14.6 Å². The topological polar surface area (TPSA) is 36.4 Å². The largest absolute Gasteiger partial charge is 0.294 e. The molecule has 0 radical (unpaired) electrons. The number of hydrogen-bond donors (Lipinski definition) is 0. The van der Waals surface area contributed by atoms with Gasteiger partial charge in [0.15, 0.2) is 5.13 Å². The van der Waals surface area contributed by atoms with E-state index < -0.39 is 0 Å². The molecular weight excluding hydrogens is 294 g/mol. The van der Waals surface area contributed by atoms with E-state index in [1.807, 2.05) is 4.90 Å². The van der Waals surface area contributed by atoms with E-state index in [1.54, 1.807) is 11.3 Å². The van der Waals surface area contributed by atoms with Crippen LogP contribution in [-0.4, -0.2) is 28.9 Å². The van der Waals surface area contributed by atoms with Crippen molar-refractivity contribution < 1.29 is 4.79 Å². The van der Waals surface area contributed by atoms with E-state index >= 15 is 0 Å². The van der Waals surface area contributed by atoms with E-state index in [9.17, 15) is 4.79 Å². The number of amides is 1. The van der Waals surface area contributed by atoms with Gasteiger partial charge in [0, 0.05) is 43.9 Å². The van der Waals surface area contributed by atoms with Gasteiger partial charge >= 0.3 is 0 Å². The molecule has 1 saturated heterocycles. The summed E-state index contributed by atoms with van der Waals surface area (Å²) in [5.74, 6) is 0.229. The second kappa shape index (κ2) is 5.82. The number of aromatic nitrogens is 1. The van der Waals surface area contributed by atoms with Crippen molar-refractivity contribution in [3.8, 4) is 0 Å². The molecule has 4 nitrogen and oxygen atoms in total. The zero-order chi connectivity index (χ0) is 14.9. The summed E-state index contributed by atoms with van der Waals surface area (Å²) >= 11 is 1.70. The number of anilines is 1. The maximum atomic E-state index is 11.9. The number of fused-ring (bicyclic) bond motifs is 1. The van der Waals surface area contributed by atoms with Crippen LogP contribution in [0.2, 0.25) is 0 Å². The quantitative estimate of drug-likeness (QED) is 0.874. The summed E-state index contributed by atoms with van der Waals surface area (Å²) in [6.45, 7) is 3.80. The van der Waals surface area contributed by atoms with E-state index in [0.29, 0.717) is 6.42 Å². The molecule has 1 amide bonds. The molecule has 0 atom stereocenters. The van der Waals surface area contributed by atoms with Crippen LogP contribution in [0.25, 0.3) is 0 Å². The molecule has 5 heteroatoms. The molecule has 2 aliphatic rings. The predicted molar refractivity (Wildman–Crippen MR) is 88.0 cm³/mol. The van der Waals surface area contributed by atoms with E-state index in [1.165, 1.54) is 16.1 Å². The lowest BCUT2D eigenvalue weighted by Gasteiger charge is -2.25. The fraction of sp³-hybridized carbons (Fsp3) is 0.412. The minimum atomic E-state index is 0.229. The molecule has 1 aromatic heterocycles. The molecule has 1 fully saturated rings. The third-order valence-electron chi connectivity index (χ3n) is 4.35. The van der Waals surface area contributed by atoms with Gasteiger partial charge in [-0.25, -0.2) is 4.98 Å². The minimum absolute atomic E-state index is 0.229. The SMILES string of the molecule is O=C1CCCN1c1nc2c(s1)CN(Cc1ccccc1)CC2. The lowest BCUT2D eigenvalue weighted by molar-refractivity contribution is -0.117. The van der Waals surface area contributed by atoms with Crippen molar-refractivity contribution >= 4 is 22.4 Å². The molecule has 0 aliphatic carbocycles. The first-order valence-corrected chi connectivity index (χ1v) is 8.66. The van der Waals surface area contributed by atoms with Crippen LogP contribution in [-0.2, 0) is 24.3 Å². The highest BCUT2D eigenvalue weighted by molar-refractivity contribution is 7.16. The first-order valence-electron chi connectivity index (χ1n) is 7.85. The summed E-state index contributed by atoms with van der Waals surface area (Å²) in [6, 6.07) is 10.6. The summed E-state index contributed by atoms with van der Waals surface area (Å²) in [6.07, 6.45) is 2.62. The lowest BCUT2D eigenvalue weighted by Crippen LogP contribution is -2.29. The first kappa shape index (κ1) is 13.9. The molecule has 0 spiro atoms. The van der Waals surface area contributed by atoms with Crippen molar-refractivity contribution in [1.29, 1.82) is 0 Å². The maximum absolute atomic E-state index is 11.9. The van der Waals surface area contributed by atoms with Crippen molar-refractivity contribution in [1.82, 2.24) is 9.88 Å². The number of benzene rings is 1. The van der Waals surface area contributed by atoms with Gasteiger partial charge in [0.25, 0.3) is 0 Å². The molecule has 1 aromatic carbocycles. The zero-order valence-electron chi connectivity index (χ0n) is 12.5. The molecule has 2 aliphatic heterocycles. The zero-order valence-corrected chi connectivity index (χ0v) is 13.3. The lowest BCUT2D eigenvalue weighted by atomic mass is 10.1. The van der Waals surface area contributed by atoms with Crippen LogP contribution < -0.4 is 4.90 Å². The Morgan fingerprint density at radius 1 is 1.14 bits per heavy atom. The molecule has 0 saturated carbocycles. The second-order valence-corrected chi connectivity index (χ2v) is 7.02. The van der Waals surface area contributed by atoms with Crippen LogP contribution in [0.1, 0.15) is 29.0 Å². The van der Waals surface area contributed by atoms with Gasteiger partial charge in [-0.05, 0) is 12.0 Å². The van der Waals surface area contributed by atoms with Crippen LogP contribution in [0.5, 0.6) is 0 Å². The van der Waals surface area contributed by atoms with Crippen molar-refractivity contribution in [2.45, 2.75) is 32.4 Å². The molecule has 114 valence electrons. The van der Waals surface area contributed by atoms with Gasteiger partial charge < -0.3 is 0 Å². The molecular formula is C17H19N3OS. The van der Waals surface area contributed by atoms with E-state index in [2.05, 4.69) is 35.2 Å². The number of hydrogen-bond acceptors (Lipinski definition) is 4. The number of carbonyl (C=O) groups excluding carboxylic acids is 1. The average molecular weight is 313 g/mol. The second-order valence-electron chi connectivity index (χ2n) is 5.96. The van der Waals surface area contributed by atoms with E-state index in [4.69, 9.17) is 4.98 Å². The summed E-state index contributed by atoms with van der Waals surface area (Å²) in [4.78, 5) is 22.3. The average Bonchev–Trinajstić information content (AvgIpc) is 3.13. The fourth-order valence-corrected chi connectivity index (χ4v) is 4.37. The third kappa shape index (κ3) is 2.66. The molecule has 0 unspecified atom stereocenters. The Kier molecular flexibility index (Phi) is 3.68. The molecule has 4 rings (SSSR count). The highest BCUT2D eigenvalue weighted by atomic mass is 32.1. The Labute approximate surface area is 134 Å². The van der Waals surface area contributed by atoms with Gasteiger partial charge in [-0.15, -0.1) is 0 Å². The van der Waals surface area contributed by atoms with Crippen molar-refractivity contribution in [2.75, 3.05) is 18.0 Å². The Morgan fingerprint density at radius 2 is 2.00 bits per heavy atom. The van der Waals surface area contributed by atoms with Gasteiger partial charge in [0.05, 0.1) is 5.69 Å². The van der Waals surface area contributed by atoms with Gasteiger partial charge in [0.2, 0.25) is 5.91 Å². The summed E-state index contributed by atoms with van der Waals surface area (Å²) in [5, 5.41) is 0.911. The Balaban J connectivity index is 1.49. The molecule has 22 heavy (non-hydrogen) atoms. The van der Waals surface area contributed by atoms with E-state index in [0.717, 1.165) is 44.2 Å². The van der Waals surface area contributed by atoms with Gasteiger partial charge in [0.1, 0.15) is 0 Å². The Hall–Kier alpha value is -1.72.